The highest BCUT2D eigenvalue weighted by molar-refractivity contribution is 7.86. The summed E-state index contributed by atoms with van der Waals surface area (Å²) in [6.07, 6.45) is 1.12. The van der Waals surface area contributed by atoms with Crippen molar-refractivity contribution in [1.82, 2.24) is 0 Å². The van der Waals surface area contributed by atoms with Gasteiger partial charge in [-0.1, -0.05) is 11.1 Å². The smallest absolute Gasteiger partial charge is 0.264 e. The van der Waals surface area contributed by atoms with Gasteiger partial charge in [-0.25, -0.2) is 0 Å². The van der Waals surface area contributed by atoms with Gasteiger partial charge in [0.1, 0.15) is 0 Å². The molecule has 0 heterocycles. The molecule has 0 N–H and O–H groups in total. The Morgan fingerprint density at radius 1 is 1.55 bits per heavy atom. The molecule has 0 aromatic rings. The first-order valence-electron chi connectivity index (χ1n) is 2.82. The van der Waals surface area contributed by atoms with Crippen LogP contribution in [0.3, 0.4) is 0 Å². The van der Waals surface area contributed by atoms with E-state index in [2.05, 4.69) is 4.18 Å². The molecule has 0 aromatic carbocycles. The number of rotatable bonds is 5. The first-order chi connectivity index (χ1) is 4.92. The van der Waals surface area contributed by atoms with E-state index in [4.69, 9.17) is 0 Å². The molecule has 0 saturated carbocycles. The van der Waals surface area contributed by atoms with Crippen LogP contribution >= 0.6 is 0 Å². The summed E-state index contributed by atoms with van der Waals surface area (Å²) in [5, 5.41) is 0. The average Bonchev–Trinajstić information content (AvgIpc) is 1.78. The van der Waals surface area contributed by atoms with Crippen LogP contribution < -0.4 is 0 Å². The fourth-order valence-corrected chi connectivity index (χ4v) is 1.16. The Balaban J connectivity index is 3.37. The summed E-state index contributed by atoms with van der Waals surface area (Å²) in [4.78, 5) is 0. The van der Waals surface area contributed by atoms with E-state index in [9.17, 15) is 17.2 Å². The zero-order chi connectivity index (χ0) is 8.91. The molecule has 0 aliphatic carbocycles. The first kappa shape index (κ1) is 11.0. The molecule has 0 aliphatic heterocycles. The van der Waals surface area contributed by atoms with E-state index in [1.165, 1.54) is 0 Å². The zero-order valence-corrected chi connectivity index (χ0v) is 7.61. The second-order valence-corrected chi connectivity index (χ2v) is 4.55. The Bertz CT molecular complexity index is 219. The van der Waals surface area contributed by atoms with Gasteiger partial charge in [0.2, 0.25) is 0 Å². The molecule has 1 unspecified atom stereocenters. The van der Waals surface area contributed by atoms with Crippen LogP contribution in [0.15, 0.2) is 0 Å². The molecule has 0 aliphatic rings. The van der Waals surface area contributed by atoms with Gasteiger partial charge in [-0.15, -0.1) is 0 Å². The highest BCUT2D eigenvalue weighted by atomic mass is 32.2. The van der Waals surface area contributed by atoms with Crippen molar-refractivity contribution >= 4 is 21.2 Å². The number of hydrogen-bond acceptors (Lipinski definition) is 5. The van der Waals surface area contributed by atoms with Crippen LogP contribution in [0.4, 0.5) is 0 Å². The second-order valence-electron chi connectivity index (χ2n) is 1.89. The maximum atomic E-state index is 10.3. The Morgan fingerprint density at radius 2 is 2.09 bits per heavy atom. The zero-order valence-electron chi connectivity index (χ0n) is 5.98. The van der Waals surface area contributed by atoms with Crippen LogP contribution in [0, 0.1) is 0 Å². The normalized spacial score (nSPS) is 14.7. The standard InChI is InChI=1S/C4H10O5S2/c1-11(7,8)9-3-2-4-10(5)6/h2-4H2,1H3,(H,5,6)/p-1. The highest BCUT2D eigenvalue weighted by Crippen LogP contribution is 1.90. The fourth-order valence-electron chi connectivity index (χ4n) is 0.387. The van der Waals surface area contributed by atoms with Crippen molar-refractivity contribution in [1.29, 1.82) is 0 Å². The van der Waals surface area contributed by atoms with E-state index in [0.717, 1.165) is 6.26 Å². The van der Waals surface area contributed by atoms with Gasteiger partial charge in [-0.05, 0) is 6.42 Å². The molecule has 7 heteroatoms. The third kappa shape index (κ3) is 10.0. The van der Waals surface area contributed by atoms with Crippen LogP contribution in [-0.2, 0) is 25.4 Å². The highest BCUT2D eigenvalue weighted by Gasteiger charge is 1.99. The van der Waals surface area contributed by atoms with Crippen LogP contribution in [0.25, 0.3) is 0 Å². The summed E-state index contributed by atoms with van der Waals surface area (Å²) in [5.41, 5.74) is 0. The third-order valence-electron chi connectivity index (χ3n) is 0.753. The Hall–Kier alpha value is 0.0200. The quantitative estimate of drug-likeness (QED) is 0.331. The van der Waals surface area contributed by atoms with Crippen molar-refractivity contribution in [2.75, 3.05) is 18.6 Å². The third-order valence-corrected chi connectivity index (χ3v) is 1.97. The second kappa shape index (κ2) is 4.81. The van der Waals surface area contributed by atoms with Gasteiger partial charge in [0, 0.05) is 5.75 Å². The van der Waals surface area contributed by atoms with E-state index >= 15 is 0 Å². The van der Waals surface area contributed by atoms with Crippen molar-refractivity contribution in [3.63, 3.8) is 0 Å². The van der Waals surface area contributed by atoms with Crippen molar-refractivity contribution in [3.8, 4) is 0 Å². The SMILES string of the molecule is CS(=O)(=O)OCCCS(=O)[O-]. The molecule has 0 bridgehead atoms. The summed E-state index contributed by atoms with van der Waals surface area (Å²) in [7, 11) is -3.42. The van der Waals surface area contributed by atoms with Crippen LogP contribution in [0.2, 0.25) is 0 Å². The first-order valence-corrected chi connectivity index (χ1v) is 5.88. The Labute approximate surface area is 68.2 Å². The fraction of sp³-hybridized carbons (Fsp3) is 1.00. The van der Waals surface area contributed by atoms with E-state index in [-0.39, 0.29) is 18.8 Å². The lowest BCUT2D eigenvalue weighted by Gasteiger charge is -2.03. The Morgan fingerprint density at radius 3 is 2.45 bits per heavy atom. The van der Waals surface area contributed by atoms with Crippen molar-refractivity contribution in [2.24, 2.45) is 0 Å². The minimum absolute atomic E-state index is 0.0739. The van der Waals surface area contributed by atoms with E-state index < -0.39 is 21.2 Å². The van der Waals surface area contributed by atoms with Gasteiger partial charge >= 0.3 is 0 Å². The topological polar surface area (TPSA) is 83.5 Å². The predicted molar refractivity (Wildman–Crippen MR) is 39.2 cm³/mol. The van der Waals surface area contributed by atoms with Gasteiger partial charge in [0.05, 0.1) is 12.9 Å². The minimum Gasteiger partial charge on any atom is -0.772 e. The largest absolute Gasteiger partial charge is 0.772 e. The molecular weight excluding hydrogens is 192 g/mol. The molecule has 1 atom stereocenters. The summed E-state index contributed by atoms with van der Waals surface area (Å²) < 4.78 is 44.7. The predicted octanol–water partition coefficient (Wildman–Crippen LogP) is -0.768. The minimum atomic E-state index is -3.42. The van der Waals surface area contributed by atoms with E-state index in [0.29, 0.717) is 0 Å². The molecule has 68 valence electrons. The van der Waals surface area contributed by atoms with Gasteiger partial charge in [-0.3, -0.25) is 8.39 Å². The molecule has 0 rings (SSSR count). The van der Waals surface area contributed by atoms with Crippen LogP contribution in [0.1, 0.15) is 6.42 Å². The van der Waals surface area contributed by atoms with Crippen molar-refractivity contribution < 1.29 is 21.4 Å². The monoisotopic (exact) mass is 201 g/mol. The lowest BCUT2D eigenvalue weighted by molar-refractivity contribution is 0.321. The van der Waals surface area contributed by atoms with Gasteiger partial charge in [0.15, 0.2) is 0 Å². The maximum Gasteiger partial charge on any atom is 0.264 e. The summed E-state index contributed by atoms with van der Waals surface area (Å²) >= 11 is -2.12. The van der Waals surface area contributed by atoms with Crippen LogP contribution in [-0.4, -0.2) is 35.8 Å². The molecule has 0 aromatic heterocycles. The van der Waals surface area contributed by atoms with E-state index in [1.807, 2.05) is 0 Å². The molecule has 11 heavy (non-hydrogen) atoms. The van der Waals surface area contributed by atoms with Crippen LogP contribution in [0.5, 0.6) is 0 Å². The average molecular weight is 201 g/mol. The molecule has 0 radical (unpaired) electrons. The molecule has 0 saturated heterocycles. The molecule has 0 spiro atoms. The maximum absolute atomic E-state index is 10.3. The van der Waals surface area contributed by atoms with Crippen molar-refractivity contribution in [2.45, 2.75) is 6.42 Å². The molecule has 0 amide bonds. The molecule has 0 fully saturated rings. The Kier molecular flexibility index (Phi) is 4.82. The van der Waals surface area contributed by atoms with Crippen molar-refractivity contribution in [3.05, 3.63) is 0 Å². The molecule has 5 nitrogen and oxygen atoms in total. The van der Waals surface area contributed by atoms with Gasteiger partial charge < -0.3 is 4.55 Å². The summed E-state index contributed by atoms with van der Waals surface area (Å²) in [6, 6.07) is 0. The van der Waals surface area contributed by atoms with Gasteiger partial charge in [-0.2, -0.15) is 8.42 Å². The molecular formula is C4H9O5S2-. The lowest BCUT2D eigenvalue weighted by atomic mass is 10.5. The summed E-state index contributed by atoms with van der Waals surface area (Å²) in [5.74, 6) is -0.0739. The van der Waals surface area contributed by atoms with E-state index in [1.54, 1.807) is 0 Å². The lowest BCUT2D eigenvalue weighted by Crippen LogP contribution is -2.07. The summed E-state index contributed by atoms with van der Waals surface area (Å²) in [6.45, 7) is -0.0766. The van der Waals surface area contributed by atoms with Gasteiger partial charge in [0.25, 0.3) is 10.1 Å². The number of hydrogen-bond donors (Lipinski definition) is 0.